The fourth-order valence-corrected chi connectivity index (χ4v) is 8.49. The van der Waals surface area contributed by atoms with Crippen molar-refractivity contribution in [3.63, 3.8) is 0 Å². The number of likely N-dealkylation sites (N-methyl/N-ethyl adjacent to an activating group) is 1. The van der Waals surface area contributed by atoms with Crippen molar-refractivity contribution >= 4 is 39.1 Å². The number of anilines is 1. The number of quaternary nitrogens is 1. The molecule has 3 atom stereocenters. The van der Waals surface area contributed by atoms with E-state index in [1.807, 2.05) is 25.1 Å². The number of nitrogens with two attached hydrogens (primary N) is 1. The van der Waals surface area contributed by atoms with E-state index in [1.165, 1.54) is 53.1 Å². The van der Waals surface area contributed by atoms with E-state index in [-0.39, 0.29) is 28.9 Å². The summed E-state index contributed by atoms with van der Waals surface area (Å²) in [4.78, 5) is 29.8. The van der Waals surface area contributed by atoms with E-state index in [0.29, 0.717) is 41.2 Å². The van der Waals surface area contributed by atoms with Gasteiger partial charge in [-0.05, 0) is 86.0 Å². The van der Waals surface area contributed by atoms with Crippen molar-refractivity contribution in [2.24, 2.45) is 5.73 Å². The van der Waals surface area contributed by atoms with E-state index in [9.17, 15) is 23.1 Å². The lowest BCUT2D eigenvalue weighted by Crippen LogP contribution is -2.62. The van der Waals surface area contributed by atoms with Gasteiger partial charge in [-0.25, -0.2) is 4.79 Å². The summed E-state index contributed by atoms with van der Waals surface area (Å²) in [5.41, 5.74) is 8.16. The standard InChI is InChI=1S/C36H42N4O8S2/c1-24-18-31(23-49-24)50(44,45)48-30-14-10-27(11-15-30)38-36(43)39(32(35(37)42)19-25-7-12-29(41)13-8-25)28-6-5-17-40(2,22-28)21-26-9-16-33(46-3)34(20-26)47-4/h7-16,18,20,23,28,32H,5-6,17,19,21-22H2,1-4H3,(H3-,37,38,41,42,43)/p+1/t28-,32-,40?/m0/s1. The number of urea groups is 1. The van der Waals surface area contributed by atoms with Crippen LogP contribution in [0.5, 0.6) is 23.0 Å². The molecule has 1 saturated heterocycles. The van der Waals surface area contributed by atoms with E-state index in [4.69, 9.17) is 19.4 Å². The van der Waals surface area contributed by atoms with Gasteiger partial charge in [-0.3, -0.25) is 4.79 Å². The molecule has 2 heterocycles. The highest BCUT2D eigenvalue weighted by atomic mass is 32.2. The van der Waals surface area contributed by atoms with Crippen LogP contribution >= 0.6 is 11.3 Å². The van der Waals surface area contributed by atoms with E-state index < -0.39 is 28.1 Å². The lowest BCUT2D eigenvalue weighted by atomic mass is 9.96. The molecule has 12 nitrogen and oxygen atoms in total. The molecule has 50 heavy (non-hydrogen) atoms. The molecule has 1 aromatic heterocycles. The van der Waals surface area contributed by atoms with Gasteiger partial charge in [0, 0.05) is 27.9 Å². The number of ether oxygens (including phenoxy) is 2. The number of thiophene rings is 1. The Kier molecular flexibility index (Phi) is 11.2. The van der Waals surface area contributed by atoms with Crippen LogP contribution in [0.1, 0.15) is 28.8 Å². The van der Waals surface area contributed by atoms with Gasteiger partial charge >= 0.3 is 16.1 Å². The Morgan fingerprint density at radius 2 is 1.70 bits per heavy atom. The van der Waals surface area contributed by atoms with Gasteiger partial charge in [0.25, 0.3) is 0 Å². The van der Waals surface area contributed by atoms with Gasteiger partial charge in [0.05, 0.1) is 40.4 Å². The van der Waals surface area contributed by atoms with Crippen LogP contribution in [-0.2, 0) is 27.9 Å². The molecular formula is C36H43N4O8S2+. The summed E-state index contributed by atoms with van der Waals surface area (Å²) in [6.07, 6.45) is 1.60. The highest BCUT2D eigenvalue weighted by molar-refractivity contribution is 7.87. The third-order valence-corrected chi connectivity index (χ3v) is 11.1. The van der Waals surface area contributed by atoms with Gasteiger partial charge in [0.2, 0.25) is 5.91 Å². The first-order chi connectivity index (χ1) is 23.8. The predicted octanol–water partition coefficient (Wildman–Crippen LogP) is 5.29. The average Bonchev–Trinajstić information content (AvgIpc) is 3.53. The number of hydrogen-bond acceptors (Lipinski definition) is 9. The maximum absolute atomic E-state index is 14.2. The molecule has 0 spiro atoms. The van der Waals surface area contributed by atoms with E-state index in [1.54, 1.807) is 37.3 Å². The summed E-state index contributed by atoms with van der Waals surface area (Å²) in [7, 11) is 1.29. The highest BCUT2D eigenvalue weighted by Crippen LogP contribution is 2.32. The first-order valence-electron chi connectivity index (χ1n) is 16.1. The summed E-state index contributed by atoms with van der Waals surface area (Å²) in [5, 5.41) is 14.2. The second kappa shape index (κ2) is 15.4. The second-order valence-corrected chi connectivity index (χ2v) is 15.4. The molecule has 0 aliphatic carbocycles. The van der Waals surface area contributed by atoms with Crippen LogP contribution in [0.3, 0.4) is 0 Å². The number of methoxy groups -OCH3 is 2. The number of carbonyl (C=O) groups is 2. The summed E-state index contributed by atoms with van der Waals surface area (Å²) in [6.45, 7) is 3.87. The summed E-state index contributed by atoms with van der Waals surface area (Å²) in [5.74, 6) is 0.771. The number of piperidine rings is 1. The summed E-state index contributed by atoms with van der Waals surface area (Å²) < 4.78 is 42.3. The number of aryl methyl sites for hydroxylation is 1. The normalized spacial score (nSPS) is 18.1. The van der Waals surface area contributed by atoms with E-state index in [2.05, 4.69) is 12.4 Å². The van der Waals surface area contributed by atoms with Gasteiger partial charge in [-0.2, -0.15) is 8.42 Å². The molecule has 3 aromatic carbocycles. The zero-order chi connectivity index (χ0) is 36.1. The molecule has 3 amide bonds. The number of amides is 3. The predicted molar refractivity (Wildman–Crippen MR) is 191 cm³/mol. The van der Waals surface area contributed by atoms with Crippen molar-refractivity contribution in [2.75, 3.05) is 39.7 Å². The Morgan fingerprint density at radius 1 is 1.02 bits per heavy atom. The Bertz CT molecular complexity index is 1910. The van der Waals surface area contributed by atoms with Crippen LogP contribution in [0.25, 0.3) is 0 Å². The third kappa shape index (κ3) is 8.86. The average molecular weight is 724 g/mol. The number of rotatable bonds is 13. The SMILES string of the molecule is COc1ccc(C[N+]2(C)CCC[C@H](N(C(=O)Nc3ccc(OS(=O)(=O)c4csc(C)c4)cc3)[C@@H](Cc3ccc(O)cc3)C(N)=O)C2)cc1OC. The fraction of sp³-hybridized carbons (Fsp3) is 0.333. The summed E-state index contributed by atoms with van der Waals surface area (Å²) in [6, 6.07) is 17.9. The topological polar surface area (TPSA) is 157 Å². The molecule has 0 bridgehead atoms. The number of phenolic OH excluding ortho intramolecular Hbond substituents is 1. The molecule has 1 fully saturated rings. The molecule has 1 aliphatic heterocycles. The smallest absolute Gasteiger partial charge is 0.340 e. The van der Waals surface area contributed by atoms with Crippen LogP contribution in [0.2, 0.25) is 0 Å². The molecule has 266 valence electrons. The molecule has 0 radical (unpaired) electrons. The van der Waals surface area contributed by atoms with Crippen molar-refractivity contribution < 1.29 is 41.3 Å². The number of nitrogens with zero attached hydrogens (tertiary/aromatic N) is 2. The van der Waals surface area contributed by atoms with Gasteiger partial charge in [0.1, 0.15) is 29.0 Å². The maximum atomic E-state index is 14.2. The van der Waals surface area contributed by atoms with Gasteiger partial charge in [-0.15, -0.1) is 11.3 Å². The highest BCUT2D eigenvalue weighted by Gasteiger charge is 2.41. The quantitative estimate of drug-likeness (QED) is 0.124. The van der Waals surface area contributed by atoms with E-state index in [0.717, 1.165) is 29.0 Å². The largest absolute Gasteiger partial charge is 0.508 e. The van der Waals surface area contributed by atoms with Crippen LogP contribution in [-0.4, -0.2) is 81.3 Å². The van der Waals surface area contributed by atoms with Crippen molar-refractivity contribution in [1.29, 1.82) is 0 Å². The molecule has 14 heteroatoms. The van der Waals surface area contributed by atoms with Gasteiger partial charge < -0.3 is 39.2 Å². The molecule has 5 rings (SSSR count). The van der Waals surface area contributed by atoms with Crippen LogP contribution < -0.4 is 24.7 Å². The van der Waals surface area contributed by atoms with Crippen molar-refractivity contribution in [1.82, 2.24) is 4.90 Å². The minimum Gasteiger partial charge on any atom is -0.508 e. The van der Waals surface area contributed by atoms with Crippen molar-refractivity contribution in [3.05, 3.63) is 94.2 Å². The van der Waals surface area contributed by atoms with Crippen molar-refractivity contribution in [2.45, 2.75) is 49.7 Å². The van der Waals surface area contributed by atoms with Crippen LogP contribution in [0, 0.1) is 6.92 Å². The monoisotopic (exact) mass is 723 g/mol. The number of likely N-dealkylation sites (tertiary alicyclic amines) is 1. The first-order valence-corrected chi connectivity index (χ1v) is 18.4. The minimum absolute atomic E-state index is 0.0724. The maximum Gasteiger partial charge on any atom is 0.340 e. The number of hydrogen-bond donors (Lipinski definition) is 3. The lowest BCUT2D eigenvalue weighted by molar-refractivity contribution is -0.928. The zero-order valence-corrected chi connectivity index (χ0v) is 30.1. The van der Waals surface area contributed by atoms with Crippen molar-refractivity contribution in [3.8, 4) is 23.0 Å². The van der Waals surface area contributed by atoms with Crippen LogP contribution in [0.4, 0.5) is 10.5 Å². The minimum atomic E-state index is -4.02. The molecule has 4 N–H and O–H groups in total. The fourth-order valence-electron chi connectivity index (χ4n) is 6.45. The van der Waals surface area contributed by atoms with Crippen LogP contribution in [0.15, 0.2) is 83.1 Å². The Morgan fingerprint density at radius 3 is 2.32 bits per heavy atom. The number of benzene rings is 3. The lowest BCUT2D eigenvalue weighted by Gasteiger charge is -2.46. The molecule has 4 aromatic rings. The number of nitrogens with one attached hydrogen (secondary N) is 1. The van der Waals surface area contributed by atoms with Gasteiger partial charge in [0.15, 0.2) is 11.5 Å². The molecule has 1 unspecified atom stereocenters. The zero-order valence-electron chi connectivity index (χ0n) is 28.5. The summed E-state index contributed by atoms with van der Waals surface area (Å²) >= 11 is 1.31. The Balaban J connectivity index is 1.40. The number of primary amides is 1. The molecule has 1 aliphatic rings. The molecule has 0 saturated carbocycles. The van der Waals surface area contributed by atoms with Gasteiger partial charge in [-0.1, -0.05) is 12.1 Å². The number of carbonyl (C=O) groups excluding carboxylic acids is 2. The Labute approximate surface area is 296 Å². The molecular weight excluding hydrogens is 681 g/mol. The second-order valence-electron chi connectivity index (χ2n) is 12.8. The Hall–Kier alpha value is -4.79. The third-order valence-electron chi connectivity index (χ3n) is 8.86. The first kappa shape index (κ1) is 36.5. The number of phenols is 1. The number of aromatic hydroxyl groups is 1. The van der Waals surface area contributed by atoms with E-state index >= 15 is 0 Å².